The van der Waals surface area contributed by atoms with Crippen molar-refractivity contribution in [3.63, 3.8) is 0 Å². The number of hydrogen-bond acceptors (Lipinski definition) is 4. The number of nitrogens with one attached hydrogen (secondary N) is 2. The summed E-state index contributed by atoms with van der Waals surface area (Å²) in [5, 5.41) is 8.37. The van der Waals surface area contributed by atoms with E-state index in [4.69, 9.17) is 9.84 Å². The topological polar surface area (TPSA) is 87.7 Å². The second-order valence-corrected chi connectivity index (χ2v) is 4.54. The summed E-state index contributed by atoms with van der Waals surface area (Å²) in [5.74, 6) is 0. The van der Waals surface area contributed by atoms with Crippen molar-refractivity contribution in [1.82, 2.24) is 9.44 Å². The Kier molecular flexibility index (Phi) is 7.02. The molecule has 0 aliphatic rings. The molecule has 0 atom stereocenters. The third-order valence-electron chi connectivity index (χ3n) is 1.16. The summed E-state index contributed by atoms with van der Waals surface area (Å²) in [5.41, 5.74) is 0. The van der Waals surface area contributed by atoms with E-state index < -0.39 is 10.2 Å². The van der Waals surface area contributed by atoms with Crippen LogP contribution >= 0.6 is 0 Å². The monoisotopic (exact) mass is 226 g/mol. The molecule has 6 nitrogen and oxygen atoms in total. The van der Waals surface area contributed by atoms with Gasteiger partial charge >= 0.3 is 0 Å². The van der Waals surface area contributed by atoms with Crippen molar-refractivity contribution in [3.05, 3.63) is 0 Å². The maximum absolute atomic E-state index is 11.1. The van der Waals surface area contributed by atoms with Gasteiger partial charge in [0.25, 0.3) is 10.2 Å². The Bertz CT molecular complexity index is 228. The van der Waals surface area contributed by atoms with Crippen LogP contribution in [0.2, 0.25) is 0 Å². The molecule has 0 heterocycles. The van der Waals surface area contributed by atoms with Gasteiger partial charge in [0.2, 0.25) is 0 Å². The van der Waals surface area contributed by atoms with E-state index in [2.05, 4.69) is 9.44 Å². The summed E-state index contributed by atoms with van der Waals surface area (Å²) in [6.45, 7) is 4.08. The number of hydrogen-bond donors (Lipinski definition) is 3. The lowest BCUT2D eigenvalue weighted by Crippen LogP contribution is -2.41. The Morgan fingerprint density at radius 1 is 1.36 bits per heavy atom. The SMILES string of the molecule is CC(C)NS(=O)(=O)NCCOCCO. The average molecular weight is 226 g/mol. The second-order valence-electron chi connectivity index (χ2n) is 3.01. The minimum Gasteiger partial charge on any atom is -0.394 e. The highest BCUT2D eigenvalue weighted by atomic mass is 32.2. The molecule has 0 aliphatic carbocycles. The smallest absolute Gasteiger partial charge is 0.277 e. The lowest BCUT2D eigenvalue weighted by atomic mass is 10.4. The second kappa shape index (κ2) is 7.13. The number of aliphatic hydroxyl groups is 1. The quantitative estimate of drug-likeness (QED) is 0.455. The van der Waals surface area contributed by atoms with E-state index in [0.717, 1.165) is 0 Å². The number of aliphatic hydroxyl groups excluding tert-OH is 1. The average Bonchev–Trinajstić information content (AvgIpc) is 2.01. The summed E-state index contributed by atoms with van der Waals surface area (Å²) in [6, 6.07) is -0.133. The number of ether oxygens (including phenoxy) is 1. The summed E-state index contributed by atoms with van der Waals surface area (Å²) in [7, 11) is -3.41. The molecular formula is C7H18N2O4S. The van der Waals surface area contributed by atoms with Crippen molar-refractivity contribution in [2.45, 2.75) is 19.9 Å². The molecule has 0 unspecified atom stereocenters. The first-order valence-electron chi connectivity index (χ1n) is 4.43. The van der Waals surface area contributed by atoms with Gasteiger partial charge in [-0.3, -0.25) is 0 Å². The molecule has 0 fully saturated rings. The van der Waals surface area contributed by atoms with Gasteiger partial charge in [-0.05, 0) is 13.8 Å². The van der Waals surface area contributed by atoms with Crippen LogP contribution in [0.5, 0.6) is 0 Å². The zero-order valence-electron chi connectivity index (χ0n) is 8.49. The minimum absolute atomic E-state index is 0.0585. The molecule has 7 heteroatoms. The molecule has 0 saturated carbocycles. The lowest BCUT2D eigenvalue weighted by molar-refractivity contribution is 0.0961. The first kappa shape index (κ1) is 13.8. The molecule has 0 amide bonds. The van der Waals surface area contributed by atoms with Gasteiger partial charge < -0.3 is 9.84 Å². The molecule has 0 aromatic heterocycles. The van der Waals surface area contributed by atoms with Crippen LogP contribution in [-0.4, -0.2) is 45.9 Å². The van der Waals surface area contributed by atoms with E-state index in [1.54, 1.807) is 13.8 Å². The summed E-state index contributed by atoms with van der Waals surface area (Å²) in [6.07, 6.45) is 0. The highest BCUT2D eigenvalue weighted by molar-refractivity contribution is 7.87. The maximum atomic E-state index is 11.1. The van der Waals surface area contributed by atoms with Gasteiger partial charge in [-0.1, -0.05) is 0 Å². The van der Waals surface area contributed by atoms with Gasteiger partial charge in [0.15, 0.2) is 0 Å². The summed E-state index contributed by atoms with van der Waals surface area (Å²) >= 11 is 0. The molecule has 0 spiro atoms. The first-order valence-corrected chi connectivity index (χ1v) is 5.92. The van der Waals surface area contributed by atoms with Crippen LogP contribution < -0.4 is 9.44 Å². The van der Waals surface area contributed by atoms with Crippen molar-refractivity contribution in [3.8, 4) is 0 Å². The molecule has 0 saturated heterocycles. The van der Waals surface area contributed by atoms with Crippen LogP contribution in [0.1, 0.15) is 13.8 Å². The third kappa shape index (κ3) is 8.39. The Hall–Kier alpha value is -0.210. The fourth-order valence-electron chi connectivity index (χ4n) is 0.767. The van der Waals surface area contributed by atoms with E-state index in [1.807, 2.05) is 0 Å². The Morgan fingerprint density at radius 2 is 2.00 bits per heavy atom. The van der Waals surface area contributed by atoms with Crippen molar-refractivity contribution >= 4 is 10.2 Å². The molecule has 0 rings (SSSR count). The lowest BCUT2D eigenvalue weighted by Gasteiger charge is -2.10. The van der Waals surface area contributed by atoms with Crippen LogP contribution in [0.25, 0.3) is 0 Å². The highest BCUT2D eigenvalue weighted by Crippen LogP contribution is 1.83. The van der Waals surface area contributed by atoms with Gasteiger partial charge in [0, 0.05) is 12.6 Å². The van der Waals surface area contributed by atoms with Gasteiger partial charge in [0.1, 0.15) is 0 Å². The van der Waals surface area contributed by atoms with Crippen molar-refractivity contribution in [2.75, 3.05) is 26.4 Å². The van der Waals surface area contributed by atoms with E-state index in [9.17, 15) is 8.42 Å². The van der Waals surface area contributed by atoms with Crippen molar-refractivity contribution in [2.24, 2.45) is 0 Å². The Labute approximate surface area is 84.8 Å². The van der Waals surface area contributed by atoms with E-state index in [1.165, 1.54) is 0 Å². The number of rotatable bonds is 8. The zero-order chi connectivity index (χ0) is 11.0. The predicted molar refractivity (Wildman–Crippen MR) is 53.1 cm³/mol. The van der Waals surface area contributed by atoms with Crippen molar-refractivity contribution < 1.29 is 18.3 Å². The van der Waals surface area contributed by atoms with Crippen LogP contribution in [0.15, 0.2) is 0 Å². The van der Waals surface area contributed by atoms with E-state index in [0.29, 0.717) is 0 Å². The standard InChI is InChI=1S/C7H18N2O4S/c1-7(2)9-14(11,12)8-3-5-13-6-4-10/h7-10H,3-6H2,1-2H3. The summed E-state index contributed by atoms with van der Waals surface area (Å²) in [4.78, 5) is 0. The predicted octanol–water partition coefficient (Wildman–Crippen LogP) is -1.17. The van der Waals surface area contributed by atoms with Gasteiger partial charge in [0.05, 0.1) is 19.8 Å². The largest absolute Gasteiger partial charge is 0.394 e. The molecule has 14 heavy (non-hydrogen) atoms. The molecular weight excluding hydrogens is 208 g/mol. The fraction of sp³-hybridized carbons (Fsp3) is 1.00. The fourth-order valence-corrected chi connectivity index (χ4v) is 1.82. The van der Waals surface area contributed by atoms with Crippen molar-refractivity contribution in [1.29, 1.82) is 0 Å². The van der Waals surface area contributed by atoms with Crippen LogP contribution in [0.4, 0.5) is 0 Å². The maximum Gasteiger partial charge on any atom is 0.277 e. The first-order chi connectivity index (χ1) is 6.48. The molecule has 3 N–H and O–H groups in total. The molecule has 0 radical (unpaired) electrons. The Balaban J connectivity index is 3.56. The molecule has 0 aliphatic heterocycles. The van der Waals surface area contributed by atoms with Gasteiger partial charge in [-0.2, -0.15) is 17.9 Å². The highest BCUT2D eigenvalue weighted by Gasteiger charge is 2.09. The minimum atomic E-state index is -3.41. The van der Waals surface area contributed by atoms with Gasteiger partial charge in [-0.25, -0.2) is 0 Å². The normalized spacial score (nSPS) is 12.3. The zero-order valence-corrected chi connectivity index (χ0v) is 9.30. The molecule has 0 bridgehead atoms. The van der Waals surface area contributed by atoms with Gasteiger partial charge in [-0.15, -0.1) is 0 Å². The molecule has 0 aromatic rings. The molecule has 0 aromatic carbocycles. The van der Waals surface area contributed by atoms with E-state index in [-0.39, 0.29) is 32.4 Å². The van der Waals surface area contributed by atoms with E-state index >= 15 is 0 Å². The Morgan fingerprint density at radius 3 is 2.50 bits per heavy atom. The van der Waals surface area contributed by atoms with Crippen LogP contribution in [0.3, 0.4) is 0 Å². The van der Waals surface area contributed by atoms with Crippen LogP contribution in [-0.2, 0) is 14.9 Å². The third-order valence-corrected chi connectivity index (χ3v) is 2.53. The van der Waals surface area contributed by atoms with Crippen LogP contribution in [0, 0.1) is 0 Å². The molecule has 86 valence electrons. The summed E-state index contributed by atoms with van der Waals surface area (Å²) < 4.78 is 31.8.